The molecule has 0 heterocycles. The summed E-state index contributed by atoms with van der Waals surface area (Å²) in [6, 6.07) is 0.458. The van der Waals surface area contributed by atoms with Crippen LogP contribution in [0.2, 0.25) is 0 Å². The number of thioether (sulfide) groups is 1. The first-order valence-electron chi connectivity index (χ1n) is 7.49. The molecule has 0 spiro atoms. The molecule has 1 aliphatic carbocycles. The van der Waals surface area contributed by atoms with Crippen molar-refractivity contribution < 1.29 is 14.7 Å². The SMILES string of the molecule is NCC1(CC(=O)O)CCC(NCCCSCC(N)=O)CC1. The minimum Gasteiger partial charge on any atom is -0.481 e. The van der Waals surface area contributed by atoms with Crippen molar-refractivity contribution in [2.24, 2.45) is 16.9 Å². The van der Waals surface area contributed by atoms with E-state index >= 15 is 0 Å². The second kappa shape index (κ2) is 9.27. The predicted molar refractivity (Wildman–Crippen MR) is 85.1 cm³/mol. The van der Waals surface area contributed by atoms with Gasteiger partial charge in [0, 0.05) is 6.04 Å². The number of nitrogens with two attached hydrogens (primary N) is 2. The van der Waals surface area contributed by atoms with Gasteiger partial charge in [-0.25, -0.2) is 0 Å². The Morgan fingerprint density at radius 3 is 2.52 bits per heavy atom. The van der Waals surface area contributed by atoms with E-state index in [1.807, 2.05) is 0 Å². The summed E-state index contributed by atoms with van der Waals surface area (Å²) in [7, 11) is 0. The average Bonchev–Trinajstić information content (AvgIpc) is 2.43. The highest BCUT2D eigenvalue weighted by Gasteiger charge is 2.35. The van der Waals surface area contributed by atoms with Gasteiger partial charge in [-0.05, 0) is 56.4 Å². The third-order valence-corrected chi connectivity index (χ3v) is 5.21. The number of aliphatic carboxylic acids is 1. The number of hydrogen-bond donors (Lipinski definition) is 4. The summed E-state index contributed by atoms with van der Waals surface area (Å²) in [6.45, 7) is 1.38. The number of carboxylic acids is 1. The van der Waals surface area contributed by atoms with E-state index < -0.39 is 5.97 Å². The normalized spacial score (nSPS) is 25.7. The summed E-state index contributed by atoms with van der Waals surface area (Å²) in [6.07, 6.45) is 4.91. The topological polar surface area (TPSA) is 118 Å². The monoisotopic (exact) mass is 317 g/mol. The molecule has 21 heavy (non-hydrogen) atoms. The number of carbonyl (C=O) groups excluding carboxylic acids is 1. The molecule has 7 heteroatoms. The summed E-state index contributed by atoms with van der Waals surface area (Å²) in [4.78, 5) is 21.5. The molecule has 1 aliphatic rings. The van der Waals surface area contributed by atoms with E-state index in [1.165, 1.54) is 0 Å². The van der Waals surface area contributed by atoms with Crippen LogP contribution in [-0.2, 0) is 9.59 Å². The van der Waals surface area contributed by atoms with E-state index in [9.17, 15) is 9.59 Å². The molecule has 6 N–H and O–H groups in total. The first kappa shape index (κ1) is 18.3. The van der Waals surface area contributed by atoms with Crippen molar-refractivity contribution in [2.45, 2.75) is 44.6 Å². The Bertz CT molecular complexity index is 344. The molecule has 1 amide bonds. The molecule has 0 aromatic rings. The molecular weight excluding hydrogens is 290 g/mol. The largest absolute Gasteiger partial charge is 0.481 e. The Labute approximate surface area is 130 Å². The second-order valence-corrected chi connectivity index (χ2v) is 6.98. The molecule has 6 nitrogen and oxygen atoms in total. The molecule has 0 atom stereocenters. The maximum atomic E-state index is 10.9. The Morgan fingerprint density at radius 1 is 1.33 bits per heavy atom. The first-order valence-corrected chi connectivity index (χ1v) is 8.64. The van der Waals surface area contributed by atoms with Gasteiger partial charge in [-0.15, -0.1) is 0 Å². The Morgan fingerprint density at radius 2 is 2.00 bits per heavy atom. The van der Waals surface area contributed by atoms with Gasteiger partial charge in [0.25, 0.3) is 0 Å². The predicted octanol–water partition coefficient (Wildman–Crippen LogP) is 0.547. The Kier molecular flexibility index (Phi) is 8.06. The fourth-order valence-corrected chi connectivity index (χ4v) is 3.56. The molecule has 0 aliphatic heterocycles. The van der Waals surface area contributed by atoms with E-state index in [0.29, 0.717) is 18.3 Å². The van der Waals surface area contributed by atoms with Crippen molar-refractivity contribution in [1.29, 1.82) is 0 Å². The van der Waals surface area contributed by atoms with Crippen molar-refractivity contribution in [2.75, 3.05) is 24.6 Å². The molecule has 0 saturated heterocycles. The minimum absolute atomic E-state index is 0.181. The highest BCUT2D eigenvalue weighted by Crippen LogP contribution is 2.38. The van der Waals surface area contributed by atoms with Gasteiger partial charge in [0.2, 0.25) is 5.91 Å². The molecular formula is C14H27N3O3S. The molecule has 0 bridgehead atoms. The summed E-state index contributed by atoms with van der Waals surface area (Å²) >= 11 is 1.56. The molecule has 122 valence electrons. The number of carbonyl (C=O) groups is 2. The second-order valence-electron chi connectivity index (χ2n) is 5.88. The van der Waals surface area contributed by atoms with Crippen LogP contribution < -0.4 is 16.8 Å². The van der Waals surface area contributed by atoms with E-state index in [4.69, 9.17) is 16.6 Å². The van der Waals surface area contributed by atoms with Crippen LogP contribution in [0.5, 0.6) is 0 Å². The molecule has 0 radical (unpaired) electrons. The van der Waals surface area contributed by atoms with Gasteiger partial charge in [-0.3, -0.25) is 9.59 Å². The van der Waals surface area contributed by atoms with Crippen LogP contribution in [0.4, 0.5) is 0 Å². The van der Waals surface area contributed by atoms with Crippen molar-refractivity contribution in [1.82, 2.24) is 5.32 Å². The Hall–Kier alpha value is -0.790. The van der Waals surface area contributed by atoms with Gasteiger partial charge in [-0.1, -0.05) is 0 Å². The number of carboxylic acid groups (broad SMARTS) is 1. The highest BCUT2D eigenvalue weighted by atomic mass is 32.2. The van der Waals surface area contributed by atoms with E-state index in [0.717, 1.165) is 44.4 Å². The zero-order valence-electron chi connectivity index (χ0n) is 12.5. The van der Waals surface area contributed by atoms with Crippen LogP contribution in [0.3, 0.4) is 0 Å². The zero-order chi connectivity index (χ0) is 15.7. The van der Waals surface area contributed by atoms with Gasteiger partial charge in [0.05, 0.1) is 12.2 Å². The summed E-state index contributed by atoms with van der Waals surface area (Å²) in [5, 5.41) is 12.5. The molecule has 1 fully saturated rings. The van der Waals surface area contributed by atoms with Gasteiger partial charge in [0.15, 0.2) is 0 Å². The summed E-state index contributed by atoms with van der Waals surface area (Å²) in [5.41, 5.74) is 10.6. The summed E-state index contributed by atoms with van der Waals surface area (Å²) in [5.74, 6) is 0.293. The van der Waals surface area contributed by atoms with Crippen LogP contribution in [0.15, 0.2) is 0 Å². The van der Waals surface area contributed by atoms with Crippen LogP contribution in [0.25, 0.3) is 0 Å². The fourth-order valence-electron chi connectivity index (χ4n) is 2.86. The summed E-state index contributed by atoms with van der Waals surface area (Å²) < 4.78 is 0. The standard InChI is InChI=1S/C14H27N3O3S/c15-10-14(8-13(19)20)4-2-11(3-5-14)17-6-1-7-21-9-12(16)18/h11,17H,1-10,15H2,(H2,16,18)(H,19,20). The molecule has 1 rings (SSSR count). The van der Waals surface area contributed by atoms with Crippen LogP contribution in [0, 0.1) is 5.41 Å². The maximum absolute atomic E-state index is 10.9. The van der Waals surface area contributed by atoms with Gasteiger partial charge >= 0.3 is 5.97 Å². The molecule has 1 saturated carbocycles. The quantitative estimate of drug-likeness (QED) is 0.437. The third kappa shape index (κ3) is 7.15. The Balaban J connectivity index is 2.15. The van der Waals surface area contributed by atoms with E-state index in [2.05, 4.69) is 5.32 Å². The van der Waals surface area contributed by atoms with Crippen molar-refractivity contribution >= 4 is 23.6 Å². The van der Waals surface area contributed by atoms with Crippen molar-refractivity contribution in [3.05, 3.63) is 0 Å². The highest BCUT2D eigenvalue weighted by molar-refractivity contribution is 7.99. The maximum Gasteiger partial charge on any atom is 0.303 e. The van der Waals surface area contributed by atoms with Crippen molar-refractivity contribution in [3.63, 3.8) is 0 Å². The van der Waals surface area contributed by atoms with Gasteiger partial charge in [0.1, 0.15) is 0 Å². The lowest BCUT2D eigenvalue weighted by Gasteiger charge is -2.38. The lowest BCUT2D eigenvalue weighted by molar-refractivity contribution is -0.140. The zero-order valence-corrected chi connectivity index (χ0v) is 13.3. The first-order chi connectivity index (χ1) is 9.97. The smallest absolute Gasteiger partial charge is 0.303 e. The average molecular weight is 317 g/mol. The van der Waals surface area contributed by atoms with Crippen molar-refractivity contribution in [3.8, 4) is 0 Å². The van der Waals surface area contributed by atoms with Crippen LogP contribution in [0.1, 0.15) is 38.5 Å². The number of amides is 1. The lowest BCUT2D eigenvalue weighted by atomic mass is 9.70. The van der Waals surface area contributed by atoms with E-state index in [1.54, 1.807) is 11.8 Å². The number of primary amides is 1. The number of nitrogens with one attached hydrogen (secondary N) is 1. The van der Waals surface area contributed by atoms with Crippen LogP contribution in [-0.4, -0.2) is 47.6 Å². The van der Waals surface area contributed by atoms with Crippen LogP contribution >= 0.6 is 11.8 Å². The number of hydrogen-bond acceptors (Lipinski definition) is 5. The molecule has 0 unspecified atom stereocenters. The van der Waals surface area contributed by atoms with E-state index in [-0.39, 0.29) is 17.7 Å². The molecule has 0 aromatic carbocycles. The fraction of sp³-hybridized carbons (Fsp3) is 0.857. The lowest BCUT2D eigenvalue weighted by Crippen LogP contribution is -2.42. The number of rotatable bonds is 10. The van der Waals surface area contributed by atoms with Gasteiger partial charge < -0.3 is 21.9 Å². The minimum atomic E-state index is -0.752. The molecule has 0 aromatic heterocycles. The van der Waals surface area contributed by atoms with Gasteiger partial charge in [-0.2, -0.15) is 11.8 Å². The third-order valence-electron chi connectivity index (χ3n) is 4.15.